The van der Waals surface area contributed by atoms with Crippen LogP contribution in [0.4, 0.5) is 5.69 Å². The summed E-state index contributed by atoms with van der Waals surface area (Å²) in [4.78, 5) is 25.4. The number of imidazole rings is 1. The van der Waals surface area contributed by atoms with E-state index in [1.807, 2.05) is 77.7 Å². The molecule has 196 valence electrons. The molecule has 0 aliphatic carbocycles. The molecule has 0 radical (unpaired) electrons. The molecule has 0 unspecified atom stereocenters. The molecule has 0 saturated carbocycles. The first kappa shape index (κ1) is 24.4. The highest BCUT2D eigenvalue weighted by molar-refractivity contribution is 5.95. The molecule has 1 amide bonds. The number of phenols is 2. The number of piperazine rings is 1. The number of rotatable bonds is 5. The van der Waals surface area contributed by atoms with Gasteiger partial charge in [-0.3, -0.25) is 4.79 Å². The van der Waals surface area contributed by atoms with Gasteiger partial charge in [-0.05, 0) is 53.6 Å². The molecule has 8 heteroatoms. The lowest BCUT2D eigenvalue weighted by atomic mass is 10.0. The number of fused-ring (bicyclic) bond motifs is 1. The number of carbonyl (C=O) groups excluding carboxylic acids is 1. The van der Waals surface area contributed by atoms with Crippen molar-refractivity contribution in [2.45, 2.75) is 0 Å². The minimum Gasteiger partial charge on any atom is -0.504 e. The Morgan fingerprint density at radius 1 is 0.846 bits per heavy atom. The fraction of sp³-hybridized carbons (Fsp3) is 0.161. The van der Waals surface area contributed by atoms with E-state index in [1.165, 1.54) is 13.2 Å². The van der Waals surface area contributed by atoms with Gasteiger partial charge in [-0.1, -0.05) is 42.5 Å². The van der Waals surface area contributed by atoms with Crippen LogP contribution in [0.1, 0.15) is 10.4 Å². The predicted octanol–water partition coefficient (Wildman–Crippen LogP) is 5.28. The van der Waals surface area contributed by atoms with Crippen LogP contribution in [0.15, 0.2) is 84.9 Å². The van der Waals surface area contributed by atoms with Gasteiger partial charge >= 0.3 is 0 Å². The van der Waals surface area contributed by atoms with E-state index in [4.69, 9.17) is 9.72 Å². The standard InChI is InChI=1S/C31H28N4O4/c1-39-28-18-23(17-27(36)29(28)37)30-32-25-11-10-24(19-26(25)33-30)34-12-14-35(15-13-34)31(38)22-9-5-8-21(16-22)20-6-3-2-4-7-20/h2-11,16-19,36-37H,12-15H2,1H3,(H,32,33). The van der Waals surface area contributed by atoms with Gasteiger partial charge in [0.05, 0.1) is 18.1 Å². The van der Waals surface area contributed by atoms with Gasteiger partial charge in [0.2, 0.25) is 5.75 Å². The van der Waals surface area contributed by atoms with Gasteiger partial charge in [0.15, 0.2) is 11.5 Å². The Morgan fingerprint density at radius 2 is 1.62 bits per heavy atom. The van der Waals surface area contributed by atoms with Crippen molar-refractivity contribution in [3.05, 3.63) is 90.5 Å². The highest BCUT2D eigenvalue weighted by Gasteiger charge is 2.23. The van der Waals surface area contributed by atoms with Crippen molar-refractivity contribution in [3.63, 3.8) is 0 Å². The molecule has 1 fully saturated rings. The highest BCUT2D eigenvalue weighted by atomic mass is 16.5. The molecule has 4 aromatic carbocycles. The minimum atomic E-state index is -0.304. The molecule has 1 saturated heterocycles. The summed E-state index contributed by atoms with van der Waals surface area (Å²) in [7, 11) is 1.43. The summed E-state index contributed by atoms with van der Waals surface area (Å²) in [5.41, 5.74) is 6.10. The molecule has 0 bridgehead atoms. The second-order valence-electron chi connectivity index (χ2n) is 9.56. The summed E-state index contributed by atoms with van der Waals surface area (Å²) in [6.45, 7) is 2.70. The lowest BCUT2D eigenvalue weighted by molar-refractivity contribution is 0.0747. The Hall–Kier alpha value is -4.98. The first-order valence-electron chi connectivity index (χ1n) is 12.8. The smallest absolute Gasteiger partial charge is 0.253 e. The first-order chi connectivity index (χ1) is 19.0. The molecule has 3 N–H and O–H groups in total. The quantitative estimate of drug-likeness (QED) is 0.273. The maximum Gasteiger partial charge on any atom is 0.253 e. The Morgan fingerprint density at radius 3 is 2.38 bits per heavy atom. The average Bonchev–Trinajstić information content (AvgIpc) is 3.42. The molecule has 0 spiro atoms. The summed E-state index contributed by atoms with van der Waals surface area (Å²) >= 11 is 0. The van der Waals surface area contributed by atoms with Crippen molar-refractivity contribution in [2.24, 2.45) is 0 Å². The number of hydrogen-bond donors (Lipinski definition) is 3. The molecule has 0 atom stereocenters. The molecular weight excluding hydrogens is 492 g/mol. The van der Waals surface area contributed by atoms with Gasteiger partial charge < -0.3 is 29.7 Å². The van der Waals surface area contributed by atoms with Crippen molar-refractivity contribution in [3.8, 4) is 39.8 Å². The Balaban J connectivity index is 1.16. The Labute approximate surface area is 225 Å². The molecule has 2 heterocycles. The van der Waals surface area contributed by atoms with E-state index in [1.54, 1.807) is 6.07 Å². The molecule has 6 rings (SSSR count). The summed E-state index contributed by atoms with van der Waals surface area (Å²) < 4.78 is 5.15. The van der Waals surface area contributed by atoms with Crippen LogP contribution in [-0.2, 0) is 0 Å². The third-order valence-corrected chi connectivity index (χ3v) is 7.16. The molecule has 1 aliphatic heterocycles. The number of amides is 1. The molecule has 5 aromatic rings. The Kier molecular flexibility index (Phi) is 6.28. The number of carbonyl (C=O) groups is 1. The zero-order valence-corrected chi connectivity index (χ0v) is 21.5. The number of aromatic nitrogens is 2. The molecular formula is C31H28N4O4. The minimum absolute atomic E-state index is 0.0485. The Bertz CT molecular complexity index is 1660. The zero-order chi connectivity index (χ0) is 26.9. The van der Waals surface area contributed by atoms with E-state index >= 15 is 0 Å². The lowest BCUT2D eigenvalue weighted by Gasteiger charge is -2.36. The number of anilines is 1. The van der Waals surface area contributed by atoms with Crippen molar-refractivity contribution in [1.29, 1.82) is 0 Å². The zero-order valence-electron chi connectivity index (χ0n) is 21.5. The van der Waals surface area contributed by atoms with Gasteiger partial charge in [-0.2, -0.15) is 0 Å². The average molecular weight is 521 g/mol. The van der Waals surface area contributed by atoms with E-state index in [0.29, 0.717) is 30.0 Å². The second-order valence-corrected chi connectivity index (χ2v) is 9.56. The third-order valence-electron chi connectivity index (χ3n) is 7.16. The van der Waals surface area contributed by atoms with Gasteiger partial charge in [-0.15, -0.1) is 0 Å². The normalized spacial score (nSPS) is 13.6. The number of aromatic hydroxyl groups is 2. The van der Waals surface area contributed by atoms with Crippen LogP contribution < -0.4 is 9.64 Å². The monoisotopic (exact) mass is 520 g/mol. The van der Waals surface area contributed by atoms with Crippen LogP contribution in [0.3, 0.4) is 0 Å². The van der Waals surface area contributed by atoms with Gasteiger partial charge in [0.25, 0.3) is 5.91 Å². The summed E-state index contributed by atoms with van der Waals surface area (Å²) in [6.07, 6.45) is 0. The fourth-order valence-electron chi connectivity index (χ4n) is 5.03. The van der Waals surface area contributed by atoms with Crippen molar-refractivity contribution in [1.82, 2.24) is 14.9 Å². The van der Waals surface area contributed by atoms with E-state index in [0.717, 1.165) is 40.9 Å². The van der Waals surface area contributed by atoms with Crippen LogP contribution in [0.5, 0.6) is 17.2 Å². The van der Waals surface area contributed by atoms with Crippen molar-refractivity contribution >= 4 is 22.6 Å². The SMILES string of the molecule is COc1cc(-c2nc3cc(N4CCN(C(=O)c5cccc(-c6ccccc6)c5)CC4)ccc3[nH]2)cc(O)c1O. The van der Waals surface area contributed by atoms with Gasteiger partial charge in [0.1, 0.15) is 5.82 Å². The number of aromatic amines is 1. The molecule has 1 aliphatic rings. The van der Waals surface area contributed by atoms with Gasteiger partial charge in [0, 0.05) is 43.0 Å². The number of ether oxygens (including phenoxy) is 1. The summed E-state index contributed by atoms with van der Waals surface area (Å²) in [5, 5.41) is 20.0. The number of phenolic OH excluding ortho intramolecular Hbond substituents is 2. The lowest BCUT2D eigenvalue weighted by Crippen LogP contribution is -2.48. The van der Waals surface area contributed by atoms with E-state index < -0.39 is 0 Å². The topological polar surface area (TPSA) is 102 Å². The van der Waals surface area contributed by atoms with Crippen LogP contribution in [0, 0.1) is 0 Å². The largest absolute Gasteiger partial charge is 0.504 e. The van der Waals surface area contributed by atoms with Crippen LogP contribution in [-0.4, -0.2) is 64.3 Å². The highest BCUT2D eigenvalue weighted by Crippen LogP contribution is 2.39. The summed E-state index contributed by atoms with van der Waals surface area (Å²) in [6, 6.07) is 27.0. The predicted molar refractivity (Wildman–Crippen MR) is 151 cm³/mol. The van der Waals surface area contributed by atoms with Gasteiger partial charge in [-0.25, -0.2) is 4.98 Å². The fourth-order valence-corrected chi connectivity index (χ4v) is 5.03. The number of H-pyrrole nitrogens is 1. The first-order valence-corrected chi connectivity index (χ1v) is 12.8. The molecule has 8 nitrogen and oxygen atoms in total. The molecule has 1 aromatic heterocycles. The van der Waals surface area contributed by atoms with E-state index in [2.05, 4.69) is 9.88 Å². The number of benzene rings is 4. The number of nitrogens with zero attached hydrogens (tertiary/aromatic N) is 3. The van der Waals surface area contributed by atoms with E-state index in [-0.39, 0.29) is 23.2 Å². The number of hydrogen-bond acceptors (Lipinski definition) is 6. The molecule has 39 heavy (non-hydrogen) atoms. The summed E-state index contributed by atoms with van der Waals surface area (Å²) in [5.74, 6) is 0.201. The van der Waals surface area contributed by atoms with Crippen LogP contribution >= 0.6 is 0 Å². The maximum absolute atomic E-state index is 13.3. The van der Waals surface area contributed by atoms with Crippen LogP contribution in [0.2, 0.25) is 0 Å². The van der Waals surface area contributed by atoms with Crippen molar-refractivity contribution < 1.29 is 19.7 Å². The maximum atomic E-state index is 13.3. The number of methoxy groups -OCH3 is 1. The van der Waals surface area contributed by atoms with E-state index in [9.17, 15) is 15.0 Å². The second kappa shape index (κ2) is 10.1. The number of nitrogens with one attached hydrogen (secondary N) is 1. The van der Waals surface area contributed by atoms with Crippen molar-refractivity contribution in [2.75, 3.05) is 38.2 Å². The van der Waals surface area contributed by atoms with Crippen LogP contribution in [0.25, 0.3) is 33.5 Å². The third kappa shape index (κ3) is 4.72.